The van der Waals surface area contributed by atoms with E-state index in [0.29, 0.717) is 16.8 Å². The first kappa shape index (κ1) is 21.4. The molecule has 0 saturated carbocycles. The van der Waals surface area contributed by atoms with E-state index in [2.05, 4.69) is 0 Å². The third kappa shape index (κ3) is 4.27. The van der Waals surface area contributed by atoms with Gasteiger partial charge < -0.3 is 14.6 Å². The zero-order chi connectivity index (χ0) is 22.8. The van der Waals surface area contributed by atoms with Gasteiger partial charge in [0, 0.05) is 5.69 Å². The molecular weight excluding hydrogens is 413 g/mol. The van der Waals surface area contributed by atoms with Crippen molar-refractivity contribution >= 4 is 17.7 Å². The van der Waals surface area contributed by atoms with Crippen LogP contribution in [0.5, 0.6) is 5.75 Å². The van der Waals surface area contributed by atoms with Gasteiger partial charge in [0.1, 0.15) is 23.7 Å². The Hall–Kier alpha value is -3.87. The maximum atomic E-state index is 13.5. The van der Waals surface area contributed by atoms with E-state index in [1.807, 2.05) is 13.0 Å². The molecule has 1 amide bonds. The number of halogens is 1. The topological polar surface area (TPSA) is 76.1 Å². The lowest BCUT2D eigenvalue weighted by Crippen LogP contribution is -2.36. The first-order valence-electron chi connectivity index (χ1n) is 10.2. The fourth-order valence-electron chi connectivity index (χ4n) is 3.80. The highest BCUT2D eigenvalue weighted by Crippen LogP contribution is 2.40. The van der Waals surface area contributed by atoms with Crippen LogP contribution < -0.4 is 4.90 Å². The molecule has 1 heterocycles. The van der Waals surface area contributed by atoms with Gasteiger partial charge in [0.25, 0.3) is 0 Å². The Morgan fingerprint density at radius 3 is 2.44 bits per heavy atom. The molecule has 1 N–H and O–H groups in total. The zero-order valence-electron chi connectivity index (χ0n) is 17.6. The lowest BCUT2D eigenvalue weighted by molar-refractivity contribution is -0.00994. The molecule has 0 bridgehead atoms. The van der Waals surface area contributed by atoms with Crippen LogP contribution in [0.15, 0.2) is 72.8 Å². The molecule has 1 saturated heterocycles. The van der Waals surface area contributed by atoms with Gasteiger partial charge in [0.2, 0.25) is 0 Å². The monoisotopic (exact) mass is 435 g/mol. The number of amides is 1. The number of phenolic OH excluding ortho intramolecular Hbond substituents is 1. The number of cyclic esters (lactones) is 1. The summed E-state index contributed by atoms with van der Waals surface area (Å²) in [5.74, 6) is -0.885. The Morgan fingerprint density at radius 1 is 1.09 bits per heavy atom. The van der Waals surface area contributed by atoms with Gasteiger partial charge in [-0.25, -0.2) is 14.0 Å². The summed E-state index contributed by atoms with van der Waals surface area (Å²) in [6.07, 6.45) is -2.25. The largest absolute Gasteiger partial charge is 0.508 e. The van der Waals surface area contributed by atoms with E-state index >= 15 is 0 Å². The van der Waals surface area contributed by atoms with Crippen molar-refractivity contribution in [1.29, 1.82) is 0 Å². The molecule has 32 heavy (non-hydrogen) atoms. The number of benzene rings is 3. The number of aryl methyl sites for hydroxylation is 1. The van der Waals surface area contributed by atoms with Crippen LogP contribution in [0.25, 0.3) is 0 Å². The second-order valence-electron chi connectivity index (χ2n) is 7.71. The van der Waals surface area contributed by atoms with Gasteiger partial charge >= 0.3 is 12.1 Å². The Bertz CT molecular complexity index is 1130. The molecule has 0 radical (unpaired) electrons. The molecule has 7 heteroatoms. The molecule has 3 aromatic rings. The number of rotatable bonds is 5. The van der Waals surface area contributed by atoms with E-state index in [1.54, 1.807) is 37.3 Å². The quantitative estimate of drug-likeness (QED) is 0.561. The number of hydrogen-bond donors (Lipinski definition) is 1. The number of esters is 1. The van der Waals surface area contributed by atoms with E-state index in [-0.39, 0.29) is 5.75 Å². The molecular formula is C25H22FNO5. The van der Waals surface area contributed by atoms with Gasteiger partial charge in [-0.3, -0.25) is 4.90 Å². The highest BCUT2D eigenvalue weighted by atomic mass is 19.1. The maximum Gasteiger partial charge on any atom is 0.415 e. The predicted molar refractivity (Wildman–Crippen MR) is 116 cm³/mol. The van der Waals surface area contributed by atoms with E-state index in [1.165, 1.54) is 41.3 Å². The predicted octanol–water partition coefficient (Wildman–Crippen LogP) is 5.15. The van der Waals surface area contributed by atoms with Crippen LogP contribution >= 0.6 is 0 Å². The average molecular weight is 435 g/mol. The van der Waals surface area contributed by atoms with Gasteiger partial charge in [0.05, 0.1) is 5.56 Å². The fraction of sp³-hybridized carbons (Fsp3) is 0.200. The molecule has 3 aromatic carbocycles. The van der Waals surface area contributed by atoms with Gasteiger partial charge in [-0.1, -0.05) is 29.8 Å². The van der Waals surface area contributed by atoms with E-state index in [0.717, 1.165) is 5.56 Å². The molecule has 1 aliphatic rings. The minimum atomic E-state index is -0.828. The van der Waals surface area contributed by atoms with Crippen LogP contribution in [0, 0.1) is 12.7 Å². The van der Waals surface area contributed by atoms with Crippen molar-refractivity contribution < 1.29 is 28.6 Å². The minimum absolute atomic E-state index is 0.0720. The lowest BCUT2D eigenvalue weighted by atomic mass is 9.97. The summed E-state index contributed by atoms with van der Waals surface area (Å²) in [6, 6.07) is 18.2. The Balaban J connectivity index is 1.66. The first-order valence-corrected chi connectivity index (χ1v) is 10.2. The molecule has 3 atom stereocenters. The van der Waals surface area contributed by atoms with Crippen molar-refractivity contribution in [2.24, 2.45) is 0 Å². The van der Waals surface area contributed by atoms with Crippen molar-refractivity contribution in [2.75, 3.05) is 4.90 Å². The molecule has 0 aliphatic carbocycles. The van der Waals surface area contributed by atoms with Crippen LogP contribution in [0.2, 0.25) is 0 Å². The normalized spacial score (nSPS) is 18.8. The molecule has 1 unspecified atom stereocenters. The summed E-state index contributed by atoms with van der Waals surface area (Å²) in [4.78, 5) is 26.9. The van der Waals surface area contributed by atoms with E-state index in [4.69, 9.17) is 9.47 Å². The SMILES string of the molecule is Cc1cccc(C(=O)OC(C)[C@H]2OC(=O)N(c3ccc(F)cc3)[C@@H]2c2ccc(O)cc2)c1. The second kappa shape index (κ2) is 8.70. The van der Waals surface area contributed by atoms with Gasteiger partial charge in [-0.15, -0.1) is 0 Å². The number of anilines is 1. The molecule has 1 fully saturated rings. The lowest BCUT2D eigenvalue weighted by Gasteiger charge is -2.28. The smallest absolute Gasteiger partial charge is 0.415 e. The van der Waals surface area contributed by atoms with Crippen molar-refractivity contribution in [3.8, 4) is 5.75 Å². The summed E-state index contributed by atoms with van der Waals surface area (Å²) in [5, 5.41) is 9.68. The highest BCUT2D eigenvalue weighted by Gasteiger charge is 2.47. The average Bonchev–Trinajstić information content (AvgIpc) is 3.12. The molecule has 1 aliphatic heterocycles. The minimum Gasteiger partial charge on any atom is -0.508 e. The maximum absolute atomic E-state index is 13.5. The van der Waals surface area contributed by atoms with Crippen molar-refractivity contribution in [1.82, 2.24) is 0 Å². The number of carbonyl (C=O) groups is 2. The molecule has 164 valence electrons. The summed E-state index contributed by atoms with van der Waals surface area (Å²) in [7, 11) is 0. The van der Waals surface area contributed by atoms with Crippen molar-refractivity contribution in [2.45, 2.75) is 32.1 Å². The summed E-state index contributed by atoms with van der Waals surface area (Å²) >= 11 is 0. The highest BCUT2D eigenvalue weighted by molar-refractivity contribution is 5.92. The molecule has 0 spiro atoms. The number of ether oxygens (including phenoxy) is 2. The summed E-state index contributed by atoms with van der Waals surface area (Å²) in [6.45, 7) is 3.54. The fourth-order valence-corrected chi connectivity index (χ4v) is 3.80. The Labute approximate surface area is 184 Å². The van der Waals surface area contributed by atoms with Gasteiger partial charge in [0.15, 0.2) is 6.10 Å². The Morgan fingerprint density at radius 2 is 1.78 bits per heavy atom. The van der Waals surface area contributed by atoms with Crippen molar-refractivity contribution in [3.05, 3.63) is 95.3 Å². The number of hydrogen-bond acceptors (Lipinski definition) is 5. The van der Waals surface area contributed by atoms with Crippen LogP contribution in [0.4, 0.5) is 14.9 Å². The van der Waals surface area contributed by atoms with E-state index < -0.39 is 36.1 Å². The summed E-state index contributed by atoms with van der Waals surface area (Å²) < 4.78 is 24.7. The number of nitrogens with zero attached hydrogens (tertiary/aromatic N) is 1. The Kier molecular flexibility index (Phi) is 5.81. The van der Waals surface area contributed by atoms with E-state index in [9.17, 15) is 19.1 Å². The van der Waals surface area contributed by atoms with Gasteiger partial charge in [-0.2, -0.15) is 0 Å². The van der Waals surface area contributed by atoms with Crippen LogP contribution in [0.3, 0.4) is 0 Å². The van der Waals surface area contributed by atoms with Gasteiger partial charge in [-0.05, 0) is 67.9 Å². The summed E-state index contributed by atoms with van der Waals surface area (Å²) in [5.41, 5.74) is 2.43. The third-order valence-electron chi connectivity index (χ3n) is 5.37. The van der Waals surface area contributed by atoms with Crippen LogP contribution in [-0.2, 0) is 9.47 Å². The molecule has 0 aromatic heterocycles. The van der Waals surface area contributed by atoms with Crippen molar-refractivity contribution in [3.63, 3.8) is 0 Å². The number of carbonyl (C=O) groups excluding carboxylic acids is 2. The first-order chi connectivity index (χ1) is 15.3. The standard InChI is InChI=1S/C25H22FNO5/c1-15-4-3-5-18(14-15)24(29)31-16(2)23-22(17-6-12-21(28)13-7-17)27(25(30)32-23)20-10-8-19(26)9-11-20/h3-14,16,22-23,28H,1-2H3/t16?,22-,23-/m1/s1. The zero-order valence-corrected chi connectivity index (χ0v) is 17.6. The number of phenols is 1. The third-order valence-corrected chi connectivity index (χ3v) is 5.37. The van der Waals surface area contributed by atoms with Crippen LogP contribution in [-0.4, -0.2) is 29.4 Å². The second-order valence-corrected chi connectivity index (χ2v) is 7.71. The molecule has 4 rings (SSSR count). The van der Waals surface area contributed by atoms with Crippen LogP contribution in [0.1, 0.15) is 34.5 Å². The molecule has 6 nitrogen and oxygen atoms in total. The number of aromatic hydroxyl groups is 1.